The van der Waals surface area contributed by atoms with E-state index in [0.717, 1.165) is 51.2 Å². The Morgan fingerprint density at radius 1 is 0.725 bits per heavy atom. The van der Waals surface area contributed by atoms with Crippen molar-refractivity contribution in [3.05, 3.63) is 0 Å². The van der Waals surface area contributed by atoms with Gasteiger partial charge >= 0.3 is 31.0 Å². The maximum atomic E-state index is 11.9. The summed E-state index contributed by atoms with van der Waals surface area (Å²) in [6.07, 6.45) is 12.9. The Hall–Kier alpha value is -0.490. The fourth-order valence-electron chi connectivity index (χ4n) is 7.73. The zero-order chi connectivity index (χ0) is 33.6. The molecule has 5 unspecified atom stereocenters. The van der Waals surface area contributed by atoms with Gasteiger partial charge in [0.05, 0.1) is 6.10 Å². The molecular weight excluding hydrogens is 705 g/mol. The van der Waals surface area contributed by atoms with E-state index in [9.17, 15) is 24.3 Å². The van der Waals surface area contributed by atoms with Gasteiger partial charge in [0, 0.05) is 69.0 Å². The van der Waals surface area contributed by atoms with Crippen LogP contribution in [0.2, 0.25) is 0 Å². The third-order valence-electron chi connectivity index (χ3n) is 10.3. The number of Topliss-reactive ketones (excluding diaryl/α,β-unsaturated/α-hetero) is 2. The van der Waals surface area contributed by atoms with Crippen LogP contribution in [0, 0.1) is 23.7 Å². The first-order valence-electron chi connectivity index (χ1n) is 17.9. The van der Waals surface area contributed by atoms with E-state index in [1.807, 2.05) is 41.5 Å². The van der Waals surface area contributed by atoms with Gasteiger partial charge in [0.25, 0.3) is 0 Å². The van der Waals surface area contributed by atoms with Gasteiger partial charge in [-0.05, 0) is 118 Å². The van der Waals surface area contributed by atoms with E-state index in [0.29, 0.717) is 43.4 Å². The molecule has 0 spiro atoms. The van der Waals surface area contributed by atoms with E-state index >= 15 is 0 Å². The molecule has 294 valence electrons. The monoisotopic (exact) mass is 774 g/mol. The minimum absolute atomic E-state index is 0. The molecule has 6 bridgehead atoms. The van der Waals surface area contributed by atoms with Gasteiger partial charge in [-0.1, -0.05) is 7.43 Å². The number of piperidine rings is 4. The number of ketones is 2. The molecule has 10 rings (SSSR count). The normalized spacial score (nSPS) is 29.6. The zero-order valence-corrected chi connectivity index (χ0v) is 32.7. The van der Waals surface area contributed by atoms with Crippen LogP contribution in [-0.2, 0) is 23.8 Å². The molecule has 5 aliphatic carbocycles. The number of amides is 2. The van der Waals surface area contributed by atoms with Crippen LogP contribution in [0.25, 0.3) is 0 Å². The Labute approximate surface area is 344 Å². The zero-order valence-electron chi connectivity index (χ0n) is 32.1. The van der Waals surface area contributed by atoms with Crippen LogP contribution in [0.1, 0.15) is 134 Å². The Kier molecular flexibility index (Phi) is 24.2. The molecule has 10 nitrogen and oxygen atoms in total. The first-order valence-corrected chi connectivity index (χ1v) is 17.9. The maximum absolute atomic E-state index is 11.9. The maximum Gasteiger partial charge on any atom is 1.00 e. The summed E-state index contributed by atoms with van der Waals surface area (Å²) in [6, 6.07) is 0.252. The predicted molar refractivity (Wildman–Crippen MR) is 207 cm³/mol. The molecule has 14 heteroatoms. The van der Waals surface area contributed by atoms with Crippen LogP contribution >= 0.6 is 24.8 Å². The molecule has 5 saturated carbocycles. The Bertz CT molecular complexity index is 1080. The van der Waals surface area contributed by atoms with Gasteiger partial charge in [0.1, 0.15) is 22.8 Å². The van der Waals surface area contributed by atoms with Crippen molar-refractivity contribution in [2.75, 3.05) is 26.3 Å². The van der Waals surface area contributed by atoms with Gasteiger partial charge in [-0.25, -0.2) is 9.59 Å². The summed E-state index contributed by atoms with van der Waals surface area (Å²) >= 11 is 0. The van der Waals surface area contributed by atoms with Gasteiger partial charge in [-0.2, -0.15) is 0 Å². The summed E-state index contributed by atoms with van der Waals surface area (Å²) in [6.45, 7) is 14.4. The van der Waals surface area contributed by atoms with Crippen molar-refractivity contribution in [3.63, 3.8) is 0 Å². The molecule has 5 aliphatic heterocycles. The van der Waals surface area contributed by atoms with Gasteiger partial charge in [-0.15, -0.1) is 24.8 Å². The fraction of sp³-hybridized carbons (Fsp3) is 0.892. The number of halogens is 2. The molecule has 0 aromatic carbocycles. The molecule has 10 fully saturated rings. The minimum atomic E-state index is -0.461. The van der Waals surface area contributed by atoms with E-state index in [1.54, 1.807) is 9.80 Å². The van der Waals surface area contributed by atoms with Gasteiger partial charge in [0.2, 0.25) is 0 Å². The largest absolute Gasteiger partial charge is 1.00 e. The average molecular weight is 776 g/mol. The molecule has 5 saturated heterocycles. The molecule has 5 heterocycles. The quantitative estimate of drug-likeness (QED) is 0.370. The number of aliphatic hydroxyl groups is 1. The number of hydrogen-bond acceptors (Lipinski definition) is 8. The summed E-state index contributed by atoms with van der Waals surface area (Å²) in [5.74, 6) is 2.43. The molecule has 5 atom stereocenters. The number of aliphatic hydroxyl groups excluding tert-OH is 1. The standard InChI is InChI=1S/C12H21NO3.C12H19NO3.C8H12O.C4H8O.CH4.Al.2ClH.Li.4H/c2*1-12(2,3)16-11(15)13-7-8-4-5-9(13)6-10(8)14;9-8-5-6-1-3-7(8)4-2-6;1-2-4-5-3-1;;;;;;;;;/h8-10,14H,4-7H2,1-3H3;8-9H,4-7H2,1-3H3;6-7H,1-5H2;1-4H2;1H4;;2*1H;;;;;/q;;;;;;;;+1;;;;-1. The molecule has 1 N–H and O–H groups in total. The number of nitrogens with zero attached hydrogens (tertiary/aromatic N) is 2. The van der Waals surface area contributed by atoms with Crippen molar-refractivity contribution in [1.29, 1.82) is 0 Å². The third-order valence-corrected chi connectivity index (χ3v) is 10.3. The molecule has 0 radical (unpaired) electrons. The Morgan fingerprint density at radius 3 is 1.49 bits per heavy atom. The average Bonchev–Trinajstić information content (AvgIpc) is 3.58. The van der Waals surface area contributed by atoms with Gasteiger partial charge < -0.3 is 30.5 Å². The summed E-state index contributed by atoms with van der Waals surface area (Å²) in [5.41, 5.74) is -0.899. The number of ether oxygens (including phenoxy) is 3. The van der Waals surface area contributed by atoms with Crippen LogP contribution in [0.3, 0.4) is 0 Å². The molecule has 0 aromatic heterocycles. The van der Waals surface area contributed by atoms with E-state index in [2.05, 4.69) is 0 Å². The number of fused-ring (bicyclic) bond motifs is 9. The van der Waals surface area contributed by atoms with E-state index in [4.69, 9.17) is 14.2 Å². The number of rotatable bonds is 0. The van der Waals surface area contributed by atoms with E-state index < -0.39 is 11.2 Å². The number of carbonyl (C=O) groups excluding carboxylic acids is 4. The van der Waals surface area contributed by atoms with Crippen molar-refractivity contribution in [1.82, 2.24) is 9.80 Å². The SMILES string of the molecule is C.C1CCOC1.CC(C)(C)OC(=O)N1CC2CCC1CC2=O.CC(C)(C)OC(=O)N1CC2CCC1CC2O.Cl.Cl.O=C1CC2CCC1CC2.[AlH3].[H-].[Li+]. The van der Waals surface area contributed by atoms with Crippen molar-refractivity contribution in [3.8, 4) is 0 Å². The van der Waals surface area contributed by atoms with Crippen LogP contribution in [-0.4, -0.2) is 112 Å². The van der Waals surface area contributed by atoms with Gasteiger partial charge in [-0.3, -0.25) is 9.59 Å². The minimum Gasteiger partial charge on any atom is -1.00 e. The second-order valence-electron chi connectivity index (χ2n) is 16.4. The topological polar surface area (TPSA) is 123 Å². The van der Waals surface area contributed by atoms with Crippen LogP contribution < -0.4 is 18.9 Å². The molecule has 0 aromatic rings. The van der Waals surface area contributed by atoms with E-state index in [-0.39, 0.29) is 112 Å². The van der Waals surface area contributed by atoms with E-state index in [1.165, 1.54) is 38.5 Å². The predicted octanol–water partition coefficient (Wildman–Crippen LogP) is 3.72. The van der Waals surface area contributed by atoms with Crippen LogP contribution in [0.4, 0.5) is 9.59 Å². The third kappa shape index (κ3) is 16.4. The second-order valence-corrected chi connectivity index (χ2v) is 16.4. The molecule has 51 heavy (non-hydrogen) atoms. The second kappa shape index (κ2) is 23.4. The van der Waals surface area contributed by atoms with Crippen molar-refractivity contribution in [2.45, 2.75) is 162 Å². The smallest absolute Gasteiger partial charge is 1.00 e. The van der Waals surface area contributed by atoms with Crippen molar-refractivity contribution >= 4 is 65.9 Å². The van der Waals surface area contributed by atoms with Gasteiger partial charge in [0.15, 0.2) is 17.4 Å². The van der Waals surface area contributed by atoms with Crippen molar-refractivity contribution in [2.24, 2.45) is 23.7 Å². The number of carbonyl (C=O) groups is 4. The summed E-state index contributed by atoms with van der Waals surface area (Å²) < 4.78 is 15.7. The molecular formula is C37H70AlCl2LiN2O8. The van der Waals surface area contributed by atoms with Crippen molar-refractivity contribution < 1.29 is 58.8 Å². The van der Waals surface area contributed by atoms with Crippen LogP contribution in [0.15, 0.2) is 0 Å². The summed E-state index contributed by atoms with van der Waals surface area (Å²) in [5, 5.41) is 9.75. The molecule has 2 amide bonds. The number of hydrogen-bond donors (Lipinski definition) is 1. The Morgan fingerprint density at radius 2 is 1.20 bits per heavy atom. The first kappa shape index (κ1) is 52.6. The summed E-state index contributed by atoms with van der Waals surface area (Å²) in [7, 11) is 0. The molecule has 10 aliphatic rings. The Balaban J connectivity index is -0.000000629. The van der Waals surface area contributed by atoms with Crippen LogP contribution in [0.5, 0.6) is 0 Å². The first-order chi connectivity index (χ1) is 21.6. The summed E-state index contributed by atoms with van der Waals surface area (Å²) in [4.78, 5) is 50.0. The fourth-order valence-corrected chi connectivity index (χ4v) is 7.73.